The molecule has 27 heavy (non-hydrogen) atoms. The predicted molar refractivity (Wildman–Crippen MR) is 95.9 cm³/mol. The van der Waals surface area contributed by atoms with Crippen molar-refractivity contribution in [3.8, 4) is 0 Å². The highest BCUT2D eigenvalue weighted by atomic mass is 19.3. The average Bonchev–Trinajstić information content (AvgIpc) is 3.30. The Morgan fingerprint density at radius 1 is 1.22 bits per heavy atom. The van der Waals surface area contributed by atoms with Crippen LogP contribution in [0.2, 0.25) is 0 Å². The zero-order valence-electron chi connectivity index (χ0n) is 15.1. The van der Waals surface area contributed by atoms with E-state index in [4.69, 9.17) is 0 Å². The van der Waals surface area contributed by atoms with E-state index in [1.54, 1.807) is 0 Å². The third-order valence-electron chi connectivity index (χ3n) is 5.51. The van der Waals surface area contributed by atoms with Crippen LogP contribution in [0.5, 0.6) is 0 Å². The zero-order valence-corrected chi connectivity index (χ0v) is 15.1. The van der Waals surface area contributed by atoms with Crippen LogP contribution in [0.25, 0.3) is 11.2 Å². The Morgan fingerprint density at radius 3 is 2.81 bits per heavy atom. The van der Waals surface area contributed by atoms with Crippen molar-refractivity contribution in [2.45, 2.75) is 64.1 Å². The van der Waals surface area contributed by atoms with Crippen LogP contribution in [0.3, 0.4) is 0 Å². The van der Waals surface area contributed by atoms with E-state index in [-0.39, 0.29) is 11.9 Å². The van der Waals surface area contributed by atoms with Gasteiger partial charge in [0.25, 0.3) is 6.43 Å². The lowest BCUT2D eigenvalue weighted by Crippen LogP contribution is -2.29. The predicted octanol–water partition coefficient (Wildman–Crippen LogP) is 3.28. The monoisotopic (exact) mass is 373 g/mol. The molecule has 0 aromatic carbocycles. The molecule has 3 aromatic rings. The summed E-state index contributed by atoms with van der Waals surface area (Å²) >= 11 is 0. The molecule has 0 radical (unpaired) electrons. The fourth-order valence-corrected chi connectivity index (χ4v) is 4.02. The summed E-state index contributed by atoms with van der Waals surface area (Å²) in [5.74, 6) is 0.272. The fraction of sp³-hybridized carbons (Fsp3) is 0.556. The van der Waals surface area contributed by atoms with Crippen LogP contribution in [0, 0.1) is 0 Å². The third-order valence-corrected chi connectivity index (χ3v) is 5.51. The number of aromatic nitrogens is 6. The summed E-state index contributed by atoms with van der Waals surface area (Å²) < 4.78 is 30.4. The number of alkyl halides is 2. The summed E-state index contributed by atoms with van der Waals surface area (Å²) in [6.07, 6.45) is 5.87. The van der Waals surface area contributed by atoms with Crippen LogP contribution in [0.1, 0.15) is 55.9 Å². The molecule has 0 spiro atoms. The first-order valence-electron chi connectivity index (χ1n) is 9.46. The molecule has 0 amide bonds. The number of rotatable bonds is 5. The Morgan fingerprint density at radius 2 is 2.07 bits per heavy atom. The SMILES string of the molecule is CCn1c(C(F)F)nc2c(NC3CCc4ncn(C5CC5)c4C3)ncnc21. The van der Waals surface area contributed by atoms with E-state index < -0.39 is 6.43 Å². The lowest BCUT2D eigenvalue weighted by Gasteiger charge is -2.24. The molecule has 3 heterocycles. The van der Waals surface area contributed by atoms with Crippen molar-refractivity contribution in [2.24, 2.45) is 0 Å². The number of nitrogens with zero attached hydrogens (tertiary/aromatic N) is 6. The molecule has 0 bridgehead atoms. The molecule has 1 unspecified atom stereocenters. The van der Waals surface area contributed by atoms with Gasteiger partial charge < -0.3 is 14.5 Å². The minimum Gasteiger partial charge on any atom is -0.365 e. The van der Waals surface area contributed by atoms with Gasteiger partial charge in [-0.2, -0.15) is 0 Å². The van der Waals surface area contributed by atoms with Crippen LogP contribution in [-0.4, -0.2) is 35.1 Å². The van der Waals surface area contributed by atoms with E-state index in [1.807, 2.05) is 13.3 Å². The van der Waals surface area contributed by atoms with Crippen molar-refractivity contribution in [1.82, 2.24) is 29.1 Å². The lowest BCUT2D eigenvalue weighted by molar-refractivity contribution is 0.136. The Balaban J connectivity index is 1.45. The van der Waals surface area contributed by atoms with Gasteiger partial charge in [0.2, 0.25) is 0 Å². The van der Waals surface area contributed by atoms with Crippen molar-refractivity contribution < 1.29 is 8.78 Å². The van der Waals surface area contributed by atoms with Gasteiger partial charge in [0, 0.05) is 30.7 Å². The highest BCUT2D eigenvalue weighted by Gasteiger charge is 2.31. The van der Waals surface area contributed by atoms with Gasteiger partial charge in [-0.1, -0.05) is 0 Å². The highest BCUT2D eigenvalue weighted by Crippen LogP contribution is 2.38. The first-order valence-corrected chi connectivity index (χ1v) is 9.46. The molecular formula is C18H21F2N7. The standard InChI is InChI=1S/C18H21F2N7/c1-2-26-17-14(25-18(26)15(19)20)16(21-8-22-17)24-10-3-6-12-13(7-10)27(9-23-12)11-4-5-11/h8-11,15H,2-7H2,1H3,(H,21,22,24). The van der Waals surface area contributed by atoms with Crippen LogP contribution in [-0.2, 0) is 19.4 Å². The van der Waals surface area contributed by atoms with E-state index in [0.717, 1.165) is 19.3 Å². The van der Waals surface area contributed by atoms with Crippen molar-refractivity contribution in [3.63, 3.8) is 0 Å². The Kier molecular flexibility index (Phi) is 3.84. The first-order chi connectivity index (χ1) is 13.2. The summed E-state index contributed by atoms with van der Waals surface area (Å²) in [7, 11) is 0. The highest BCUT2D eigenvalue weighted by molar-refractivity contribution is 5.83. The normalized spacial score (nSPS) is 19.6. The largest absolute Gasteiger partial charge is 0.365 e. The Hall–Kier alpha value is -2.58. The minimum absolute atomic E-state index is 0.173. The maximum absolute atomic E-state index is 13.3. The van der Waals surface area contributed by atoms with Gasteiger partial charge >= 0.3 is 0 Å². The molecule has 0 saturated heterocycles. The number of nitrogens with one attached hydrogen (secondary N) is 1. The number of hydrogen-bond acceptors (Lipinski definition) is 5. The van der Waals surface area contributed by atoms with Gasteiger partial charge in [-0.3, -0.25) is 0 Å². The Labute approximate surface area is 154 Å². The van der Waals surface area contributed by atoms with Gasteiger partial charge in [0.05, 0.1) is 12.0 Å². The number of halogens is 2. The van der Waals surface area contributed by atoms with Crippen molar-refractivity contribution in [3.05, 3.63) is 29.9 Å². The molecule has 5 rings (SSSR count). The number of imidazole rings is 2. The van der Waals surface area contributed by atoms with E-state index in [0.29, 0.717) is 29.6 Å². The van der Waals surface area contributed by atoms with Crippen LogP contribution < -0.4 is 5.32 Å². The maximum atomic E-state index is 13.3. The smallest absolute Gasteiger partial charge is 0.295 e. The lowest BCUT2D eigenvalue weighted by atomic mass is 9.95. The molecule has 1 saturated carbocycles. The van der Waals surface area contributed by atoms with Gasteiger partial charge in [-0.25, -0.2) is 28.7 Å². The van der Waals surface area contributed by atoms with Crippen LogP contribution in [0.15, 0.2) is 12.7 Å². The molecule has 0 aliphatic heterocycles. The summed E-state index contributed by atoms with van der Waals surface area (Å²) in [4.78, 5) is 17.2. The molecule has 142 valence electrons. The summed E-state index contributed by atoms with van der Waals surface area (Å²) in [5, 5.41) is 3.43. The minimum atomic E-state index is -2.64. The molecule has 3 aromatic heterocycles. The number of aryl methyl sites for hydroxylation is 2. The fourth-order valence-electron chi connectivity index (χ4n) is 4.02. The second-order valence-electron chi connectivity index (χ2n) is 7.27. The second-order valence-corrected chi connectivity index (χ2v) is 7.27. The Bertz CT molecular complexity index is 989. The molecule has 2 aliphatic rings. The van der Waals surface area contributed by atoms with Crippen LogP contribution in [0.4, 0.5) is 14.6 Å². The topological polar surface area (TPSA) is 73.5 Å². The van der Waals surface area contributed by atoms with E-state index in [9.17, 15) is 8.78 Å². The third kappa shape index (κ3) is 2.76. The summed E-state index contributed by atoms with van der Waals surface area (Å²) in [6, 6.07) is 0.770. The number of hydrogen-bond donors (Lipinski definition) is 1. The van der Waals surface area contributed by atoms with Gasteiger partial charge in [-0.05, 0) is 32.6 Å². The molecule has 1 fully saturated rings. The van der Waals surface area contributed by atoms with E-state index in [1.165, 1.54) is 35.1 Å². The molecule has 9 heteroatoms. The van der Waals surface area contributed by atoms with Crippen molar-refractivity contribution in [2.75, 3.05) is 5.32 Å². The quantitative estimate of drug-likeness (QED) is 0.743. The van der Waals surface area contributed by atoms with Crippen molar-refractivity contribution >= 4 is 17.0 Å². The van der Waals surface area contributed by atoms with E-state index in [2.05, 4.69) is 29.8 Å². The van der Waals surface area contributed by atoms with Crippen LogP contribution >= 0.6 is 0 Å². The first kappa shape index (κ1) is 16.6. The molecule has 7 nitrogen and oxygen atoms in total. The molecular weight excluding hydrogens is 352 g/mol. The average molecular weight is 373 g/mol. The molecule has 1 atom stereocenters. The van der Waals surface area contributed by atoms with Gasteiger partial charge in [-0.15, -0.1) is 0 Å². The van der Waals surface area contributed by atoms with Gasteiger partial charge in [0.1, 0.15) is 6.33 Å². The number of fused-ring (bicyclic) bond motifs is 2. The summed E-state index contributed by atoms with van der Waals surface area (Å²) in [6.45, 7) is 2.20. The summed E-state index contributed by atoms with van der Waals surface area (Å²) in [5.41, 5.74) is 3.34. The second kappa shape index (κ2) is 6.24. The zero-order chi connectivity index (χ0) is 18.5. The maximum Gasteiger partial charge on any atom is 0.295 e. The molecule has 2 aliphatic carbocycles. The molecule has 1 N–H and O–H groups in total. The number of anilines is 1. The van der Waals surface area contributed by atoms with Gasteiger partial charge in [0.15, 0.2) is 22.8 Å². The van der Waals surface area contributed by atoms with E-state index >= 15 is 0 Å². The van der Waals surface area contributed by atoms with Crippen molar-refractivity contribution in [1.29, 1.82) is 0 Å².